The quantitative estimate of drug-likeness (QED) is 0.375. The fourth-order valence-electron chi connectivity index (χ4n) is 2.12. The van der Waals surface area contributed by atoms with Crippen molar-refractivity contribution in [3.8, 4) is 5.75 Å². The predicted octanol–water partition coefficient (Wildman–Crippen LogP) is 3.71. The summed E-state index contributed by atoms with van der Waals surface area (Å²) in [6.07, 6.45) is 0. The molecular formula is C18H23FIN3O. The van der Waals surface area contributed by atoms with Crippen LogP contribution < -0.4 is 10.6 Å². The molecule has 6 heteroatoms. The molecule has 0 aromatic heterocycles. The molecule has 0 bridgehead atoms. The van der Waals surface area contributed by atoms with Crippen molar-refractivity contribution in [2.24, 2.45) is 4.99 Å². The SMILES string of the molecule is CCNC(=NCc1ccc(F)c(C)c1)NCc1ccc(O)cc1.I. The maximum absolute atomic E-state index is 13.3. The van der Waals surface area contributed by atoms with Gasteiger partial charge in [0.1, 0.15) is 11.6 Å². The van der Waals surface area contributed by atoms with Gasteiger partial charge in [0.05, 0.1) is 6.54 Å². The Hall–Kier alpha value is -1.83. The van der Waals surface area contributed by atoms with E-state index in [1.165, 1.54) is 6.07 Å². The Morgan fingerprint density at radius 3 is 2.38 bits per heavy atom. The number of aliphatic imine (C=N–C) groups is 1. The van der Waals surface area contributed by atoms with Crippen molar-refractivity contribution in [1.82, 2.24) is 10.6 Å². The average Bonchev–Trinajstić information content (AvgIpc) is 2.55. The molecule has 2 aromatic rings. The van der Waals surface area contributed by atoms with Crippen LogP contribution in [0.4, 0.5) is 4.39 Å². The van der Waals surface area contributed by atoms with Crippen LogP contribution in [-0.4, -0.2) is 17.6 Å². The van der Waals surface area contributed by atoms with E-state index < -0.39 is 0 Å². The van der Waals surface area contributed by atoms with E-state index >= 15 is 0 Å². The normalized spacial score (nSPS) is 10.9. The summed E-state index contributed by atoms with van der Waals surface area (Å²) in [4.78, 5) is 4.51. The highest BCUT2D eigenvalue weighted by atomic mass is 127. The van der Waals surface area contributed by atoms with Crippen LogP contribution in [0.5, 0.6) is 5.75 Å². The van der Waals surface area contributed by atoms with Crippen molar-refractivity contribution >= 4 is 29.9 Å². The highest BCUT2D eigenvalue weighted by molar-refractivity contribution is 14.0. The predicted molar refractivity (Wildman–Crippen MR) is 106 cm³/mol. The monoisotopic (exact) mass is 443 g/mol. The van der Waals surface area contributed by atoms with E-state index in [0.29, 0.717) is 24.6 Å². The molecule has 0 aliphatic rings. The molecule has 0 saturated heterocycles. The van der Waals surface area contributed by atoms with E-state index in [2.05, 4.69) is 15.6 Å². The number of hydrogen-bond donors (Lipinski definition) is 3. The maximum Gasteiger partial charge on any atom is 0.191 e. The molecule has 130 valence electrons. The summed E-state index contributed by atoms with van der Waals surface area (Å²) in [7, 11) is 0. The zero-order valence-electron chi connectivity index (χ0n) is 13.8. The van der Waals surface area contributed by atoms with E-state index in [-0.39, 0.29) is 35.5 Å². The molecule has 0 amide bonds. The lowest BCUT2D eigenvalue weighted by atomic mass is 10.1. The van der Waals surface area contributed by atoms with Gasteiger partial charge in [0.2, 0.25) is 0 Å². The zero-order chi connectivity index (χ0) is 16.7. The summed E-state index contributed by atoms with van der Waals surface area (Å²) >= 11 is 0. The minimum absolute atomic E-state index is 0. The Morgan fingerprint density at radius 1 is 1.08 bits per heavy atom. The van der Waals surface area contributed by atoms with Crippen molar-refractivity contribution in [2.45, 2.75) is 26.9 Å². The van der Waals surface area contributed by atoms with E-state index in [1.807, 2.05) is 25.1 Å². The number of benzene rings is 2. The first-order valence-corrected chi connectivity index (χ1v) is 7.63. The van der Waals surface area contributed by atoms with Gasteiger partial charge in [-0.05, 0) is 48.7 Å². The first-order chi connectivity index (χ1) is 11.1. The van der Waals surface area contributed by atoms with Crippen LogP contribution in [0, 0.1) is 12.7 Å². The summed E-state index contributed by atoms with van der Waals surface area (Å²) in [5, 5.41) is 15.7. The van der Waals surface area contributed by atoms with Crippen molar-refractivity contribution in [2.75, 3.05) is 6.54 Å². The van der Waals surface area contributed by atoms with Gasteiger partial charge in [-0.3, -0.25) is 0 Å². The highest BCUT2D eigenvalue weighted by Crippen LogP contribution is 2.11. The van der Waals surface area contributed by atoms with Gasteiger partial charge in [0.15, 0.2) is 5.96 Å². The van der Waals surface area contributed by atoms with E-state index in [1.54, 1.807) is 25.1 Å². The number of guanidine groups is 1. The number of rotatable bonds is 5. The van der Waals surface area contributed by atoms with Crippen molar-refractivity contribution < 1.29 is 9.50 Å². The minimum atomic E-state index is -0.199. The topological polar surface area (TPSA) is 56.7 Å². The highest BCUT2D eigenvalue weighted by Gasteiger charge is 2.01. The third kappa shape index (κ3) is 6.35. The van der Waals surface area contributed by atoms with E-state index in [0.717, 1.165) is 17.7 Å². The molecule has 4 nitrogen and oxygen atoms in total. The fraction of sp³-hybridized carbons (Fsp3) is 0.278. The number of nitrogens with zero attached hydrogens (tertiary/aromatic N) is 1. The third-order valence-electron chi connectivity index (χ3n) is 3.38. The third-order valence-corrected chi connectivity index (χ3v) is 3.38. The second-order valence-corrected chi connectivity index (χ2v) is 5.30. The number of aryl methyl sites for hydroxylation is 1. The average molecular weight is 443 g/mol. The number of aromatic hydroxyl groups is 1. The lowest BCUT2D eigenvalue weighted by Gasteiger charge is -2.11. The standard InChI is InChI=1S/C18H22FN3O.HI/c1-3-20-18(21-11-14-4-7-16(23)8-5-14)22-12-15-6-9-17(19)13(2)10-15;/h4-10,23H,3,11-12H2,1-2H3,(H2,20,21,22);1H. The van der Waals surface area contributed by atoms with Gasteiger partial charge in [-0.25, -0.2) is 9.38 Å². The first-order valence-electron chi connectivity index (χ1n) is 7.63. The van der Waals surface area contributed by atoms with Gasteiger partial charge >= 0.3 is 0 Å². The van der Waals surface area contributed by atoms with Gasteiger partial charge in [-0.15, -0.1) is 24.0 Å². The lowest BCUT2D eigenvalue weighted by molar-refractivity contribution is 0.475. The summed E-state index contributed by atoms with van der Waals surface area (Å²) in [6, 6.07) is 12.0. The second-order valence-electron chi connectivity index (χ2n) is 5.30. The van der Waals surface area contributed by atoms with E-state index in [9.17, 15) is 9.50 Å². The van der Waals surface area contributed by atoms with Gasteiger partial charge in [-0.2, -0.15) is 0 Å². The summed E-state index contributed by atoms with van der Waals surface area (Å²) in [5.41, 5.74) is 2.64. The molecule has 24 heavy (non-hydrogen) atoms. The van der Waals surface area contributed by atoms with Gasteiger partial charge in [0.25, 0.3) is 0 Å². The van der Waals surface area contributed by atoms with Crippen LogP contribution >= 0.6 is 24.0 Å². The molecular weight excluding hydrogens is 420 g/mol. The Kier molecular flexibility index (Phi) is 8.53. The first kappa shape index (κ1) is 20.2. The Labute approximate surface area is 159 Å². The summed E-state index contributed by atoms with van der Waals surface area (Å²) < 4.78 is 13.3. The Balaban J connectivity index is 0.00000288. The largest absolute Gasteiger partial charge is 0.508 e. The molecule has 2 aromatic carbocycles. The number of hydrogen-bond acceptors (Lipinski definition) is 2. The van der Waals surface area contributed by atoms with Crippen molar-refractivity contribution in [3.05, 3.63) is 65.0 Å². The van der Waals surface area contributed by atoms with Crippen LogP contribution in [0.1, 0.15) is 23.6 Å². The molecule has 3 N–H and O–H groups in total. The van der Waals surface area contributed by atoms with Gasteiger partial charge in [-0.1, -0.05) is 24.3 Å². The van der Waals surface area contributed by atoms with Crippen LogP contribution in [0.3, 0.4) is 0 Å². The van der Waals surface area contributed by atoms with Gasteiger partial charge in [0, 0.05) is 13.1 Å². The molecule has 0 saturated carbocycles. The molecule has 0 radical (unpaired) electrons. The van der Waals surface area contributed by atoms with Crippen molar-refractivity contribution in [1.29, 1.82) is 0 Å². The van der Waals surface area contributed by atoms with Gasteiger partial charge < -0.3 is 15.7 Å². The molecule has 0 unspecified atom stereocenters. The number of phenolic OH excluding ortho intramolecular Hbond substituents is 1. The molecule has 0 aliphatic carbocycles. The number of nitrogens with one attached hydrogen (secondary N) is 2. The van der Waals surface area contributed by atoms with Crippen LogP contribution in [0.25, 0.3) is 0 Å². The fourth-order valence-corrected chi connectivity index (χ4v) is 2.12. The molecule has 2 rings (SSSR count). The molecule has 0 heterocycles. The molecule has 0 spiro atoms. The van der Waals surface area contributed by atoms with Crippen LogP contribution in [0.15, 0.2) is 47.5 Å². The van der Waals surface area contributed by atoms with Crippen molar-refractivity contribution in [3.63, 3.8) is 0 Å². The molecule has 0 aliphatic heterocycles. The van der Waals surface area contributed by atoms with E-state index in [4.69, 9.17) is 0 Å². The Bertz CT molecular complexity index is 674. The molecule has 0 fully saturated rings. The van der Waals surface area contributed by atoms with Crippen LogP contribution in [0.2, 0.25) is 0 Å². The smallest absolute Gasteiger partial charge is 0.191 e. The molecule has 0 atom stereocenters. The lowest BCUT2D eigenvalue weighted by Crippen LogP contribution is -2.36. The Morgan fingerprint density at radius 2 is 1.75 bits per heavy atom. The van der Waals surface area contributed by atoms with Crippen LogP contribution in [-0.2, 0) is 13.1 Å². The zero-order valence-corrected chi connectivity index (χ0v) is 16.2. The maximum atomic E-state index is 13.3. The second kappa shape index (κ2) is 10.1. The number of phenols is 1. The summed E-state index contributed by atoms with van der Waals surface area (Å²) in [5.74, 6) is 0.749. The minimum Gasteiger partial charge on any atom is -0.508 e. The summed E-state index contributed by atoms with van der Waals surface area (Å²) in [6.45, 7) is 5.58. The number of halogens is 2.